The zero-order chi connectivity index (χ0) is 28.7. The molecule has 0 saturated carbocycles. The van der Waals surface area contributed by atoms with E-state index in [0.717, 1.165) is 9.87 Å². The van der Waals surface area contributed by atoms with Crippen molar-refractivity contribution in [2.24, 2.45) is 5.92 Å². The molecule has 0 radical (unpaired) electrons. The lowest BCUT2D eigenvalue weighted by atomic mass is 10.1. The van der Waals surface area contributed by atoms with Crippen molar-refractivity contribution in [3.63, 3.8) is 0 Å². The normalized spacial score (nSPS) is 12.2. The standard InChI is InChI=1S/C29H33BrFN3O4S/c1-20(2)17-32-29(36)22(4)33(18-23-8-5-6-11-27(23)31)28(35)19-34(25-10-7-9-24(30)16-25)39(37,38)26-14-12-21(3)13-15-26/h5-16,20,22H,17-19H2,1-4H3,(H,32,36). The molecule has 0 bridgehead atoms. The van der Waals surface area contributed by atoms with Gasteiger partial charge >= 0.3 is 0 Å². The molecule has 0 aromatic heterocycles. The van der Waals surface area contributed by atoms with Crippen molar-refractivity contribution in [1.82, 2.24) is 10.2 Å². The third-order valence-electron chi connectivity index (χ3n) is 6.13. The minimum atomic E-state index is -4.17. The van der Waals surface area contributed by atoms with Crippen LogP contribution in [0.15, 0.2) is 82.2 Å². The van der Waals surface area contributed by atoms with Gasteiger partial charge in [0.25, 0.3) is 10.0 Å². The predicted octanol–water partition coefficient (Wildman–Crippen LogP) is 5.28. The van der Waals surface area contributed by atoms with Crippen LogP contribution in [0.2, 0.25) is 0 Å². The van der Waals surface area contributed by atoms with E-state index in [4.69, 9.17) is 0 Å². The van der Waals surface area contributed by atoms with Crippen molar-refractivity contribution in [2.75, 3.05) is 17.4 Å². The lowest BCUT2D eigenvalue weighted by molar-refractivity contribution is -0.139. The van der Waals surface area contributed by atoms with Gasteiger partial charge in [0.1, 0.15) is 18.4 Å². The second kappa shape index (κ2) is 13.2. The highest BCUT2D eigenvalue weighted by molar-refractivity contribution is 9.10. The Morgan fingerprint density at radius 3 is 2.26 bits per heavy atom. The Labute approximate surface area is 238 Å². The van der Waals surface area contributed by atoms with Gasteiger partial charge in [-0.2, -0.15) is 0 Å². The van der Waals surface area contributed by atoms with Crippen LogP contribution in [-0.4, -0.2) is 44.3 Å². The first-order valence-corrected chi connectivity index (χ1v) is 14.8. The molecule has 0 fully saturated rings. The van der Waals surface area contributed by atoms with Crippen molar-refractivity contribution < 1.29 is 22.4 Å². The molecule has 0 saturated heterocycles. The Morgan fingerprint density at radius 2 is 1.64 bits per heavy atom. The predicted molar refractivity (Wildman–Crippen MR) is 154 cm³/mol. The third-order valence-corrected chi connectivity index (χ3v) is 8.42. The van der Waals surface area contributed by atoms with Gasteiger partial charge in [-0.15, -0.1) is 0 Å². The van der Waals surface area contributed by atoms with Crippen molar-refractivity contribution in [2.45, 2.75) is 45.2 Å². The Morgan fingerprint density at radius 1 is 0.974 bits per heavy atom. The van der Waals surface area contributed by atoms with Crippen LogP contribution >= 0.6 is 15.9 Å². The zero-order valence-electron chi connectivity index (χ0n) is 22.4. The highest BCUT2D eigenvalue weighted by Gasteiger charge is 2.33. The van der Waals surface area contributed by atoms with Crippen LogP contribution in [0.3, 0.4) is 0 Å². The molecule has 0 spiro atoms. The van der Waals surface area contributed by atoms with Crippen LogP contribution in [-0.2, 0) is 26.2 Å². The maximum Gasteiger partial charge on any atom is 0.264 e. The summed E-state index contributed by atoms with van der Waals surface area (Å²) in [5.74, 6) is -1.41. The van der Waals surface area contributed by atoms with Crippen LogP contribution in [0.1, 0.15) is 31.9 Å². The third kappa shape index (κ3) is 7.89. The van der Waals surface area contributed by atoms with Crippen LogP contribution < -0.4 is 9.62 Å². The summed E-state index contributed by atoms with van der Waals surface area (Å²) in [5.41, 5.74) is 1.36. The summed E-state index contributed by atoms with van der Waals surface area (Å²) in [6.45, 7) is 6.88. The maximum absolute atomic E-state index is 14.6. The Kier molecular flexibility index (Phi) is 10.3. The fraction of sp³-hybridized carbons (Fsp3) is 0.310. The second-order valence-corrected chi connectivity index (χ2v) is 12.5. The van der Waals surface area contributed by atoms with E-state index in [1.165, 1.54) is 35.2 Å². The van der Waals surface area contributed by atoms with Gasteiger partial charge in [-0.1, -0.05) is 71.7 Å². The van der Waals surface area contributed by atoms with Crippen molar-refractivity contribution >= 4 is 43.5 Å². The molecule has 1 unspecified atom stereocenters. The first kappa shape index (κ1) is 30.3. The molecular formula is C29H33BrFN3O4S. The van der Waals surface area contributed by atoms with Crippen LogP contribution in [0.25, 0.3) is 0 Å². The lowest BCUT2D eigenvalue weighted by Gasteiger charge is -2.32. The van der Waals surface area contributed by atoms with Crippen molar-refractivity contribution in [1.29, 1.82) is 0 Å². The Bertz CT molecular complexity index is 1410. The van der Waals surface area contributed by atoms with Crippen molar-refractivity contribution in [3.8, 4) is 0 Å². The number of hydrogen-bond donors (Lipinski definition) is 1. The average molecular weight is 619 g/mol. The minimum absolute atomic E-state index is 0.0178. The average Bonchev–Trinajstić information content (AvgIpc) is 2.89. The van der Waals surface area contributed by atoms with Crippen molar-refractivity contribution in [3.05, 3.63) is 94.2 Å². The summed E-state index contributed by atoms with van der Waals surface area (Å²) in [7, 11) is -4.17. The summed E-state index contributed by atoms with van der Waals surface area (Å²) in [5, 5.41) is 2.81. The van der Waals surface area contributed by atoms with Gasteiger partial charge in [0.15, 0.2) is 0 Å². The van der Waals surface area contributed by atoms with Gasteiger partial charge in [-0.05, 0) is 56.2 Å². The van der Waals surface area contributed by atoms with Gasteiger partial charge < -0.3 is 10.2 Å². The molecule has 0 heterocycles. The number of hydrogen-bond acceptors (Lipinski definition) is 4. The van der Waals surface area contributed by atoms with Gasteiger partial charge in [0.2, 0.25) is 11.8 Å². The summed E-state index contributed by atoms with van der Waals surface area (Å²) in [6.07, 6.45) is 0. The SMILES string of the molecule is Cc1ccc(S(=O)(=O)N(CC(=O)N(Cc2ccccc2F)C(C)C(=O)NCC(C)C)c2cccc(Br)c2)cc1. The Balaban J connectivity index is 2.02. The zero-order valence-corrected chi connectivity index (χ0v) is 24.8. The molecule has 7 nitrogen and oxygen atoms in total. The quantitative estimate of drug-likeness (QED) is 0.317. The first-order chi connectivity index (χ1) is 18.4. The fourth-order valence-electron chi connectivity index (χ4n) is 3.84. The number of amides is 2. The molecule has 3 rings (SSSR count). The molecule has 3 aromatic carbocycles. The van der Waals surface area contributed by atoms with E-state index in [2.05, 4.69) is 21.2 Å². The monoisotopic (exact) mass is 617 g/mol. The minimum Gasteiger partial charge on any atom is -0.354 e. The van der Waals surface area contributed by atoms with E-state index in [-0.39, 0.29) is 28.6 Å². The molecule has 3 aromatic rings. The molecule has 2 amide bonds. The number of halogens is 2. The molecule has 39 heavy (non-hydrogen) atoms. The first-order valence-electron chi connectivity index (χ1n) is 12.6. The van der Waals surface area contributed by atoms with E-state index >= 15 is 0 Å². The second-order valence-electron chi connectivity index (χ2n) is 9.73. The number of carbonyl (C=O) groups is 2. The van der Waals surface area contributed by atoms with Crippen LogP contribution in [0, 0.1) is 18.7 Å². The summed E-state index contributed by atoms with van der Waals surface area (Å²) in [6, 6.07) is 17.9. The smallest absolute Gasteiger partial charge is 0.264 e. The highest BCUT2D eigenvalue weighted by Crippen LogP contribution is 2.27. The fourth-order valence-corrected chi connectivity index (χ4v) is 5.64. The molecule has 0 aliphatic rings. The summed E-state index contributed by atoms with van der Waals surface area (Å²) < 4.78 is 43.9. The maximum atomic E-state index is 14.6. The lowest BCUT2D eigenvalue weighted by Crippen LogP contribution is -2.51. The van der Waals surface area contributed by atoms with Gasteiger partial charge in [0.05, 0.1) is 10.6 Å². The van der Waals surface area contributed by atoms with Crippen LogP contribution in [0.4, 0.5) is 10.1 Å². The molecule has 0 aliphatic heterocycles. The molecule has 1 N–H and O–H groups in total. The number of nitrogens with zero attached hydrogens (tertiary/aromatic N) is 2. The topological polar surface area (TPSA) is 86.8 Å². The van der Waals surface area contributed by atoms with Gasteiger partial charge in [0, 0.05) is 23.1 Å². The van der Waals surface area contributed by atoms with E-state index in [9.17, 15) is 22.4 Å². The summed E-state index contributed by atoms with van der Waals surface area (Å²) >= 11 is 3.37. The van der Waals surface area contributed by atoms with E-state index in [0.29, 0.717) is 11.0 Å². The number of carbonyl (C=O) groups excluding carboxylic acids is 2. The van der Waals surface area contributed by atoms with E-state index < -0.39 is 40.2 Å². The van der Waals surface area contributed by atoms with E-state index in [1.807, 2.05) is 20.8 Å². The van der Waals surface area contributed by atoms with Gasteiger partial charge in [-0.25, -0.2) is 12.8 Å². The number of rotatable bonds is 11. The number of nitrogens with one attached hydrogen (secondary N) is 1. The van der Waals surface area contributed by atoms with Gasteiger partial charge in [-0.3, -0.25) is 13.9 Å². The largest absolute Gasteiger partial charge is 0.354 e. The number of anilines is 1. The molecule has 10 heteroatoms. The summed E-state index contributed by atoms with van der Waals surface area (Å²) in [4.78, 5) is 28.1. The number of sulfonamides is 1. The number of benzene rings is 3. The number of aryl methyl sites for hydroxylation is 1. The van der Waals surface area contributed by atoms with E-state index in [1.54, 1.807) is 49.4 Å². The molecule has 1 atom stereocenters. The highest BCUT2D eigenvalue weighted by atomic mass is 79.9. The molecule has 208 valence electrons. The molecular weight excluding hydrogens is 585 g/mol. The molecule has 0 aliphatic carbocycles. The Hall–Kier alpha value is -3.24. The van der Waals surface area contributed by atoms with Crippen LogP contribution in [0.5, 0.6) is 0 Å².